The van der Waals surface area contributed by atoms with E-state index in [1.807, 2.05) is 0 Å². The number of alkyl halides is 3. The Hall–Kier alpha value is -1.96. The summed E-state index contributed by atoms with van der Waals surface area (Å²) in [5.41, 5.74) is 4.62. The lowest BCUT2D eigenvalue weighted by atomic mass is 10.0. The minimum absolute atomic E-state index is 0.0254. The van der Waals surface area contributed by atoms with Crippen LogP contribution in [0.4, 0.5) is 18.0 Å². The number of halogens is 3. The summed E-state index contributed by atoms with van der Waals surface area (Å²) in [5, 5.41) is 0. The number of amides is 1. The second-order valence-corrected chi connectivity index (χ2v) is 8.30. The third-order valence-electron chi connectivity index (χ3n) is 4.80. The van der Waals surface area contributed by atoms with Crippen LogP contribution in [-0.4, -0.2) is 35.3 Å². The first-order valence-corrected chi connectivity index (χ1v) is 9.00. The molecule has 1 heterocycles. The van der Waals surface area contributed by atoms with Crippen LogP contribution in [0.1, 0.15) is 51.3 Å². The van der Waals surface area contributed by atoms with Gasteiger partial charge in [-0.25, -0.2) is 4.79 Å². The highest BCUT2D eigenvalue weighted by atomic mass is 19.4. The molecular formula is C19H25F3N2O3. The van der Waals surface area contributed by atoms with Gasteiger partial charge in [0.25, 0.3) is 0 Å². The van der Waals surface area contributed by atoms with E-state index in [1.54, 1.807) is 38.7 Å². The molecule has 2 fully saturated rings. The first kappa shape index (κ1) is 19.8. The van der Waals surface area contributed by atoms with Crippen molar-refractivity contribution < 1.29 is 27.4 Å². The predicted octanol–water partition coefficient (Wildman–Crippen LogP) is 4.11. The molecule has 1 aromatic carbocycles. The summed E-state index contributed by atoms with van der Waals surface area (Å²) in [4.78, 5) is 13.9. The molecule has 3 rings (SSSR count). The number of nitrogens with two attached hydrogens (primary N) is 1. The topological polar surface area (TPSA) is 64.8 Å². The van der Waals surface area contributed by atoms with Gasteiger partial charge in [-0.15, -0.1) is 0 Å². The van der Waals surface area contributed by atoms with Crippen LogP contribution in [0.3, 0.4) is 0 Å². The summed E-state index contributed by atoms with van der Waals surface area (Å²) in [6.45, 7) is 7.16. The molecule has 0 radical (unpaired) electrons. The molecule has 4 atom stereocenters. The third-order valence-corrected chi connectivity index (χ3v) is 4.80. The van der Waals surface area contributed by atoms with Gasteiger partial charge in [0.05, 0.1) is 12.1 Å². The van der Waals surface area contributed by atoms with Crippen LogP contribution in [0, 0.1) is 5.92 Å². The molecule has 0 spiro atoms. The highest BCUT2D eigenvalue weighted by molar-refractivity contribution is 5.70. The fourth-order valence-corrected chi connectivity index (χ4v) is 3.40. The number of nitrogens with zero attached hydrogens (tertiary/aromatic N) is 1. The van der Waals surface area contributed by atoms with Gasteiger partial charge in [-0.1, -0.05) is 6.07 Å². The van der Waals surface area contributed by atoms with E-state index in [2.05, 4.69) is 0 Å². The average Bonchev–Trinajstić information content (AvgIpc) is 3.22. The molecular weight excluding hydrogens is 361 g/mol. The lowest BCUT2D eigenvalue weighted by molar-refractivity contribution is -0.139. The molecule has 1 aromatic rings. The third kappa shape index (κ3) is 4.31. The van der Waals surface area contributed by atoms with Crippen molar-refractivity contribution in [1.82, 2.24) is 4.90 Å². The van der Waals surface area contributed by atoms with E-state index in [0.29, 0.717) is 12.0 Å². The van der Waals surface area contributed by atoms with E-state index in [4.69, 9.17) is 15.2 Å². The molecule has 27 heavy (non-hydrogen) atoms. The Balaban J connectivity index is 1.76. The van der Waals surface area contributed by atoms with Crippen LogP contribution in [0.2, 0.25) is 0 Å². The Morgan fingerprint density at radius 3 is 2.52 bits per heavy atom. The van der Waals surface area contributed by atoms with Crippen molar-refractivity contribution >= 4 is 6.09 Å². The minimum Gasteiger partial charge on any atom is -0.488 e. The molecule has 2 N–H and O–H groups in total. The minimum atomic E-state index is -4.55. The monoisotopic (exact) mass is 386 g/mol. The number of ether oxygens (including phenoxy) is 2. The van der Waals surface area contributed by atoms with Gasteiger partial charge in [-0.2, -0.15) is 13.2 Å². The zero-order valence-corrected chi connectivity index (χ0v) is 15.8. The Bertz CT molecular complexity index is 728. The number of likely N-dealkylation sites (tertiary alicyclic amines) is 1. The van der Waals surface area contributed by atoms with Crippen molar-refractivity contribution in [3.05, 3.63) is 29.3 Å². The number of carbonyl (C=O) groups excluding carboxylic acids is 1. The Kier molecular flexibility index (Phi) is 4.82. The summed E-state index contributed by atoms with van der Waals surface area (Å²) in [6, 6.07) is 3.35. The van der Waals surface area contributed by atoms with Gasteiger partial charge in [0.15, 0.2) is 0 Å². The maximum atomic E-state index is 13.5. The normalized spacial score (nSPS) is 25.8. The van der Waals surface area contributed by atoms with E-state index < -0.39 is 35.6 Å². The first-order chi connectivity index (χ1) is 12.4. The Labute approximate surface area is 156 Å². The summed E-state index contributed by atoms with van der Waals surface area (Å²) < 4.78 is 51.5. The van der Waals surface area contributed by atoms with Crippen molar-refractivity contribution in [2.45, 2.75) is 64.1 Å². The first-order valence-electron chi connectivity index (χ1n) is 9.00. The van der Waals surface area contributed by atoms with Gasteiger partial charge in [0, 0.05) is 18.0 Å². The maximum absolute atomic E-state index is 13.5. The zero-order valence-electron chi connectivity index (χ0n) is 15.8. The number of rotatable bonds is 3. The standard InChI is InChI=1S/C19H25F3N2O3/c1-10(23)11-5-6-15(13(7-11)19(20,21)22)26-16-9-24(14-8-12(14)16)17(25)27-18(2,3)4/h5-7,10,12,14,16H,8-9,23H2,1-4H3. The van der Waals surface area contributed by atoms with Crippen LogP contribution in [0.25, 0.3) is 0 Å². The average molecular weight is 386 g/mol. The van der Waals surface area contributed by atoms with Crippen molar-refractivity contribution in [2.75, 3.05) is 6.54 Å². The van der Waals surface area contributed by atoms with Crippen molar-refractivity contribution in [2.24, 2.45) is 11.7 Å². The molecule has 0 bridgehead atoms. The van der Waals surface area contributed by atoms with E-state index in [0.717, 1.165) is 6.07 Å². The van der Waals surface area contributed by atoms with E-state index in [1.165, 1.54) is 6.07 Å². The number of carbonyl (C=O) groups is 1. The van der Waals surface area contributed by atoms with E-state index in [-0.39, 0.29) is 24.3 Å². The number of piperidine rings is 1. The molecule has 1 saturated carbocycles. The molecule has 8 heteroatoms. The van der Waals surface area contributed by atoms with Crippen LogP contribution in [-0.2, 0) is 10.9 Å². The quantitative estimate of drug-likeness (QED) is 0.849. The molecule has 0 aromatic heterocycles. The van der Waals surface area contributed by atoms with Crippen molar-refractivity contribution in [3.8, 4) is 5.75 Å². The summed E-state index contributed by atoms with van der Waals surface area (Å²) >= 11 is 0. The van der Waals surface area contributed by atoms with Gasteiger partial charge < -0.3 is 20.1 Å². The molecule has 1 amide bonds. The second-order valence-electron chi connectivity index (χ2n) is 8.30. The van der Waals surface area contributed by atoms with Crippen LogP contribution in [0.5, 0.6) is 5.75 Å². The summed E-state index contributed by atoms with van der Waals surface area (Å²) in [6.07, 6.45) is -4.77. The van der Waals surface area contributed by atoms with Gasteiger partial charge in [0.2, 0.25) is 0 Å². The van der Waals surface area contributed by atoms with Gasteiger partial charge in [-0.3, -0.25) is 0 Å². The van der Waals surface area contributed by atoms with Crippen LogP contribution >= 0.6 is 0 Å². The highest BCUT2D eigenvalue weighted by Crippen LogP contribution is 2.48. The smallest absolute Gasteiger partial charge is 0.419 e. The number of fused-ring (bicyclic) bond motifs is 1. The largest absolute Gasteiger partial charge is 0.488 e. The number of hydrogen-bond donors (Lipinski definition) is 1. The number of hydrogen-bond acceptors (Lipinski definition) is 4. The molecule has 150 valence electrons. The molecule has 1 saturated heterocycles. The van der Waals surface area contributed by atoms with E-state index >= 15 is 0 Å². The SMILES string of the molecule is CC(N)c1ccc(OC2CN(C(=O)OC(C)(C)C)C3CC23)c(C(F)(F)F)c1. The molecule has 1 aliphatic heterocycles. The molecule has 1 aliphatic carbocycles. The highest BCUT2D eigenvalue weighted by Gasteiger charge is 2.57. The lowest BCUT2D eigenvalue weighted by Crippen LogP contribution is -2.39. The fraction of sp³-hybridized carbons (Fsp3) is 0.632. The van der Waals surface area contributed by atoms with E-state index in [9.17, 15) is 18.0 Å². The maximum Gasteiger partial charge on any atom is 0.419 e. The van der Waals surface area contributed by atoms with Crippen LogP contribution in [0.15, 0.2) is 18.2 Å². The zero-order chi connectivity index (χ0) is 20.1. The summed E-state index contributed by atoms with van der Waals surface area (Å²) in [7, 11) is 0. The Morgan fingerprint density at radius 1 is 1.30 bits per heavy atom. The van der Waals surface area contributed by atoms with Gasteiger partial charge >= 0.3 is 12.3 Å². The fourth-order valence-electron chi connectivity index (χ4n) is 3.40. The second kappa shape index (κ2) is 6.58. The van der Waals surface area contributed by atoms with Gasteiger partial charge in [-0.05, 0) is 51.8 Å². The van der Waals surface area contributed by atoms with Crippen molar-refractivity contribution in [3.63, 3.8) is 0 Å². The van der Waals surface area contributed by atoms with Crippen molar-refractivity contribution in [1.29, 1.82) is 0 Å². The Morgan fingerprint density at radius 2 is 1.96 bits per heavy atom. The lowest BCUT2D eigenvalue weighted by Gasteiger charge is -2.26. The van der Waals surface area contributed by atoms with Gasteiger partial charge in [0.1, 0.15) is 17.5 Å². The molecule has 5 nitrogen and oxygen atoms in total. The summed E-state index contributed by atoms with van der Waals surface area (Å²) in [5.74, 6) is -0.194. The molecule has 2 aliphatic rings. The predicted molar refractivity (Wildman–Crippen MR) is 93.3 cm³/mol. The molecule has 4 unspecified atom stereocenters. The number of benzene rings is 1. The van der Waals surface area contributed by atoms with Crippen LogP contribution < -0.4 is 10.5 Å².